The molecule has 0 bridgehead atoms. The number of hydrogen-bond donors (Lipinski definition) is 1. The van der Waals surface area contributed by atoms with Crippen LogP contribution in [0.15, 0.2) is 86.3 Å². The Kier molecular flexibility index (Phi) is 6.23. The highest BCUT2D eigenvalue weighted by Gasteiger charge is 2.35. The normalized spacial score (nSPS) is 18.5. The average molecular weight is 551 g/mol. The molecule has 5 rings (SSSR count). The topological polar surface area (TPSA) is 83.4 Å². The number of carbonyl (C=O) groups excluding carboxylic acids is 2. The number of nitrogens with zero attached hydrogens (tertiary/aromatic N) is 3. The minimum Gasteiger partial charge on any atom is -0.497 e. The lowest BCUT2D eigenvalue weighted by molar-refractivity contribution is -0.113. The number of rotatable bonds is 4. The second-order valence-electron chi connectivity index (χ2n) is 7.48. The molecule has 0 unspecified atom stereocenters. The van der Waals surface area contributed by atoms with Crippen LogP contribution in [0.5, 0.6) is 5.75 Å². The van der Waals surface area contributed by atoms with Crippen LogP contribution < -0.4 is 15.0 Å². The molecule has 1 fully saturated rings. The van der Waals surface area contributed by atoms with Gasteiger partial charge in [-0.05, 0) is 78.0 Å². The highest BCUT2D eigenvalue weighted by atomic mass is 79.9. The quantitative estimate of drug-likeness (QED) is 0.346. The molecule has 3 aromatic rings. The van der Waals surface area contributed by atoms with E-state index in [2.05, 4.69) is 31.4 Å². The van der Waals surface area contributed by atoms with E-state index in [1.54, 1.807) is 61.7 Å². The van der Waals surface area contributed by atoms with E-state index >= 15 is 0 Å². The van der Waals surface area contributed by atoms with E-state index in [1.807, 2.05) is 6.07 Å². The van der Waals surface area contributed by atoms with Gasteiger partial charge in [0.05, 0.1) is 23.4 Å². The van der Waals surface area contributed by atoms with E-state index in [4.69, 9.17) is 4.74 Å². The van der Waals surface area contributed by atoms with Crippen LogP contribution in [-0.2, 0) is 9.59 Å². The molecule has 3 aromatic carbocycles. The number of anilines is 2. The molecule has 2 aliphatic rings. The Morgan fingerprint density at radius 2 is 1.77 bits per heavy atom. The largest absolute Gasteiger partial charge is 0.497 e. The lowest BCUT2D eigenvalue weighted by atomic mass is 10.1. The van der Waals surface area contributed by atoms with E-state index < -0.39 is 0 Å². The van der Waals surface area contributed by atoms with Crippen LogP contribution in [-0.4, -0.2) is 29.8 Å². The fourth-order valence-corrected chi connectivity index (χ4v) is 4.82. The SMILES string of the molecule is COc1ccc(N2C(=O)C(=Cc3ccc(F)cc3)SC2=NN=C2C(=O)Nc3ccc(Br)cc32)cc1. The molecule has 1 saturated heterocycles. The van der Waals surface area contributed by atoms with Crippen molar-refractivity contribution in [1.29, 1.82) is 0 Å². The number of amidine groups is 1. The Bertz CT molecular complexity index is 1440. The lowest BCUT2D eigenvalue weighted by Gasteiger charge is -2.15. The highest BCUT2D eigenvalue weighted by Crippen LogP contribution is 2.37. The zero-order chi connectivity index (χ0) is 24.5. The van der Waals surface area contributed by atoms with Crippen molar-refractivity contribution in [2.75, 3.05) is 17.3 Å². The smallest absolute Gasteiger partial charge is 0.276 e. The van der Waals surface area contributed by atoms with Crippen LogP contribution in [0.3, 0.4) is 0 Å². The molecule has 2 heterocycles. The number of nitrogens with one attached hydrogen (secondary N) is 1. The summed E-state index contributed by atoms with van der Waals surface area (Å²) >= 11 is 4.52. The molecule has 0 atom stereocenters. The van der Waals surface area contributed by atoms with Crippen LogP contribution in [0.1, 0.15) is 11.1 Å². The highest BCUT2D eigenvalue weighted by molar-refractivity contribution is 9.10. The average Bonchev–Trinajstić information content (AvgIpc) is 3.34. The van der Waals surface area contributed by atoms with Gasteiger partial charge in [-0.25, -0.2) is 4.39 Å². The minimum absolute atomic E-state index is 0.146. The summed E-state index contributed by atoms with van der Waals surface area (Å²) in [6.07, 6.45) is 1.66. The van der Waals surface area contributed by atoms with Gasteiger partial charge in [-0.3, -0.25) is 14.5 Å². The number of ether oxygens (including phenoxy) is 1. The van der Waals surface area contributed by atoms with Gasteiger partial charge in [0.1, 0.15) is 11.6 Å². The third kappa shape index (κ3) is 4.62. The number of methoxy groups -OCH3 is 1. The van der Waals surface area contributed by atoms with Gasteiger partial charge in [0.15, 0.2) is 5.71 Å². The van der Waals surface area contributed by atoms with E-state index in [0.29, 0.717) is 33.2 Å². The Balaban J connectivity index is 1.56. The first-order valence-electron chi connectivity index (χ1n) is 10.3. The van der Waals surface area contributed by atoms with Crippen LogP contribution in [0.25, 0.3) is 6.08 Å². The molecule has 10 heteroatoms. The summed E-state index contributed by atoms with van der Waals surface area (Å²) in [5.41, 5.74) is 2.62. The van der Waals surface area contributed by atoms with E-state index in [9.17, 15) is 14.0 Å². The maximum Gasteiger partial charge on any atom is 0.276 e. The van der Waals surface area contributed by atoms with E-state index in [0.717, 1.165) is 16.2 Å². The van der Waals surface area contributed by atoms with Gasteiger partial charge in [-0.1, -0.05) is 28.1 Å². The number of hydrogen-bond acceptors (Lipinski definition) is 6. The van der Waals surface area contributed by atoms with E-state index in [-0.39, 0.29) is 28.5 Å². The predicted molar refractivity (Wildman–Crippen MR) is 139 cm³/mol. The molecule has 1 N–H and O–H groups in total. The zero-order valence-corrected chi connectivity index (χ0v) is 20.6. The molecule has 7 nitrogen and oxygen atoms in total. The summed E-state index contributed by atoms with van der Waals surface area (Å²) in [7, 11) is 1.56. The van der Waals surface area contributed by atoms with Gasteiger partial charge >= 0.3 is 0 Å². The summed E-state index contributed by atoms with van der Waals surface area (Å²) in [5, 5.41) is 11.6. The van der Waals surface area contributed by atoms with Crippen LogP contribution in [0.4, 0.5) is 15.8 Å². The number of benzene rings is 3. The van der Waals surface area contributed by atoms with Gasteiger partial charge in [0, 0.05) is 10.0 Å². The molecule has 2 aliphatic heterocycles. The van der Waals surface area contributed by atoms with Gasteiger partial charge in [-0.15, -0.1) is 10.2 Å². The van der Waals surface area contributed by atoms with Crippen molar-refractivity contribution in [2.45, 2.75) is 0 Å². The van der Waals surface area contributed by atoms with Gasteiger partial charge < -0.3 is 10.1 Å². The molecule has 0 saturated carbocycles. The number of fused-ring (bicyclic) bond motifs is 1. The molecule has 35 heavy (non-hydrogen) atoms. The van der Waals surface area contributed by atoms with Gasteiger partial charge in [0.2, 0.25) is 5.17 Å². The molecule has 2 amide bonds. The van der Waals surface area contributed by atoms with Crippen molar-refractivity contribution in [3.63, 3.8) is 0 Å². The molecule has 0 radical (unpaired) electrons. The maximum absolute atomic E-state index is 13.4. The Labute approximate surface area is 212 Å². The van der Waals surface area contributed by atoms with Gasteiger partial charge in [-0.2, -0.15) is 0 Å². The van der Waals surface area contributed by atoms with Crippen LogP contribution in [0, 0.1) is 5.82 Å². The monoisotopic (exact) mass is 550 g/mol. The molecule has 174 valence electrons. The Hall–Kier alpha value is -3.76. The molecular weight excluding hydrogens is 535 g/mol. The fourth-order valence-electron chi connectivity index (χ4n) is 3.53. The summed E-state index contributed by atoms with van der Waals surface area (Å²) in [5.74, 6) is -0.423. The molecular formula is C25H16BrFN4O3S. The standard InChI is InChI=1S/C25H16BrFN4O3S/c1-34-18-9-7-17(8-10-18)31-24(33)21(12-14-2-5-16(27)6-3-14)35-25(31)30-29-22-19-13-15(26)4-11-20(19)28-23(22)32/h2-13H,1H3,(H,28,29,32). The lowest BCUT2D eigenvalue weighted by Crippen LogP contribution is -2.28. The Morgan fingerprint density at radius 1 is 1.03 bits per heavy atom. The summed E-state index contributed by atoms with van der Waals surface area (Å²) in [6, 6.07) is 18.1. The molecule has 0 aliphatic carbocycles. The third-order valence-corrected chi connectivity index (χ3v) is 6.69. The van der Waals surface area contributed by atoms with Crippen molar-refractivity contribution in [2.24, 2.45) is 10.2 Å². The van der Waals surface area contributed by atoms with Crippen molar-refractivity contribution in [1.82, 2.24) is 0 Å². The fraction of sp³-hybridized carbons (Fsp3) is 0.0400. The summed E-state index contributed by atoms with van der Waals surface area (Å²) in [4.78, 5) is 27.7. The first kappa shape index (κ1) is 23.0. The second-order valence-corrected chi connectivity index (χ2v) is 9.40. The summed E-state index contributed by atoms with van der Waals surface area (Å²) in [6.45, 7) is 0. The van der Waals surface area contributed by atoms with Crippen molar-refractivity contribution in [3.05, 3.63) is 93.1 Å². The van der Waals surface area contributed by atoms with Crippen LogP contribution >= 0.6 is 27.7 Å². The second kappa shape index (κ2) is 9.47. The van der Waals surface area contributed by atoms with E-state index in [1.165, 1.54) is 17.0 Å². The van der Waals surface area contributed by atoms with Crippen molar-refractivity contribution < 1.29 is 18.7 Å². The number of amides is 2. The van der Waals surface area contributed by atoms with Crippen molar-refractivity contribution >= 4 is 67.8 Å². The molecule has 0 aromatic heterocycles. The first-order valence-corrected chi connectivity index (χ1v) is 11.9. The summed E-state index contributed by atoms with van der Waals surface area (Å²) < 4.78 is 19.3. The van der Waals surface area contributed by atoms with Crippen LogP contribution in [0.2, 0.25) is 0 Å². The maximum atomic E-state index is 13.4. The number of thioether (sulfide) groups is 1. The minimum atomic E-state index is -0.380. The van der Waals surface area contributed by atoms with Crippen molar-refractivity contribution in [3.8, 4) is 5.75 Å². The number of carbonyl (C=O) groups is 2. The first-order chi connectivity index (χ1) is 16.9. The number of halogens is 2. The molecule has 0 spiro atoms. The van der Waals surface area contributed by atoms with Gasteiger partial charge in [0.25, 0.3) is 11.8 Å². The predicted octanol–water partition coefficient (Wildman–Crippen LogP) is 5.43. The zero-order valence-electron chi connectivity index (χ0n) is 18.2. The third-order valence-electron chi connectivity index (χ3n) is 5.24. The Morgan fingerprint density at radius 3 is 2.49 bits per heavy atom.